The average molecular weight is 892 g/mol. The Morgan fingerprint density at radius 2 is 0.903 bits per heavy atom. The van der Waals surface area contributed by atoms with E-state index in [2.05, 4.69) is 74.6 Å². The first-order chi connectivity index (χ1) is 30.4. The molecule has 362 valence electrons. The van der Waals surface area contributed by atoms with Gasteiger partial charge in [-0.15, -0.1) is 0 Å². The van der Waals surface area contributed by atoms with E-state index in [-0.39, 0.29) is 38.8 Å². The second kappa shape index (κ2) is 50.2. The topological polar surface area (TPSA) is 117 Å². The number of rotatable bonds is 49. The Labute approximate surface area is 383 Å². The van der Waals surface area contributed by atoms with E-state index < -0.39 is 13.9 Å². The number of hydrogen-bond donors (Lipinski definition) is 2. The van der Waals surface area contributed by atoms with Crippen molar-refractivity contribution in [3.63, 3.8) is 0 Å². The molecule has 3 N–H and O–H groups in total. The molecule has 0 aromatic rings. The highest BCUT2D eigenvalue weighted by molar-refractivity contribution is 7.47. The lowest BCUT2D eigenvalue weighted by atomic mass is 10.0. The van der Waals surface area contributed by atoms with Gasteiger partial charge in [-0.1, -0.05) is 229 Å². The summed E-state index contributed by atoms with van der Waals surface area (Å²) in [6.07, 6.45) is 62.7. The third kappa shape index (κ3) is 49.2. The Bertz CT molecular complexity index is 1140. The monoisotopic (exact) mass is 892 g/mol. The van der Waals surface area contributed by atoms with Gasteiger partial charge >= 0.3 is 13.8 Å². The highest BCUT2D eigenvalue weighted by Gasteiger charge is 2.25. The molecule has 0 saturated heterocycles. The molecule has 0 heterocycles. The summed E-state index contributed by atoms with van der Waals surface area (Å²) >= 11 is 0. The number of allylic oxidation sites excluding steroid dienone is 10. The Hall–Kier alpha value is -1.80. The maximum Gasteiger partial charge on any atom is 0.472 e. The Morgan fingerprint density at radius 1 is 0.500 bits per heavy atom. The molecular weight excluding hydrogens is 794 g/mol. The van der Waals surface area contributed by atoms with E-state index in [9.17, 15) is 14.3 Å². The predicted molar refractivity (Wildman–Crippen MR) is 266 cm³/mol. The summed E-state index contributed by atoms with van der Waals surface area (Å²) in [5, 5.41) is 0. The molecule has 8 nitrogen and oxygen atoms in total. The minimum absolute atomic E-state index is 0.0934. The number of unbranched alkanes of at least 4 members (excludes halogenated alkanes) is 26. The lowest BCUT2D eigenvalue weighted by Crippen LogP contribution is -2.28. The van der Waals surface area contributed by atoms with Crippen molar-refractivity contribution in [1.82, 2.24) is 0 Å². The quantitative estimate of drug-likeness (QED) is 0.0268. The molecule has 0 fully saturated rings. The van der Waals surface area contributed by atoms with E-state index in [0.717, 1.165) is 70.6 Å². The van der Waals surface area contributed by atoms with E-state index >= 15 is 0 Å². The third-order valence-electron chi connectivity index (χ3n) is 10.9. The van der Waals surface area contributed by atoms with Gasteiger partial charge in [0.1, 0.15) is 6.10 Å². The van der Waals surface area contributed by atoms with Gasteiger partial charge in [0.25, 0.3) is 0 Å². The summed E-state index contributed by atoms with van der Waals surface area (Å²) in [6, 6.07) is 0. The van der Waals surface area contributed by atoms with Gasteiger partial charge in [0.2, 0.25) is 0 Å². The summed E-state index contributed by atoms with van der Waals surface area (Å²) in [5.74, 6) is -0.359. The molecule has 62 heavy (non-hydrogen) atoms. The standard InChI is InChI=1S/C53H98NO7P/c1-3-5-7-9-11-13-15-17-19-21-23-24-25-26-27-29-31-33-35-37-39-41-43-45-48-58-50-52(51-60-62(56,57)59-49-47-54)61-53(55)46-44-42-40-38-36-34-32-30-28-22-20-18-16-14-12-10-8-6-4-2/h6,8,12,14,18,20,28,30,34,36,52H,3-5,7,9-11,13,15-17,19,21-27,29,31-33,35,37-51,54H2,1-2H3,(H,56,57)/b8-6-,14-12-,20-18-,30-28-,36-34-. The van der Waals surface area contributed by atoms with Crippen molar-refractivity contribution in [2.24, 2.45) is 5.73 Å². The van der Waals surface area contributed by atoms with E-state index in [4.69, 9.17) is 24.3 Å². The molecule has 0 aliphatic carbocycles. The number of carbonyl (C=O) groups excluding carboxylic acids is 1. The fourth-order valence-corrected chi connectivity index (χ4v) is 7.97. The molecule has 0 saturated carbocycles. The normalized spacial score (nSPS) is 13.8. The summed E-state index contributed by atoms with van der Waals surface area (Å²) in [4.78, 5) is 22.6. The summed E-state index contributed by atoms with van der Waals surface area (Å²) in [7, 11) is -4.29. The van der Waals surface area contributed by atoms with Gasteiger partial charge in [-0.25, -0.2) is 4.57 Å². The van der Waals surface area contributed by atoms with Crippen molar-refractivity contribution in [3.8, 4) is 0 Å². The van der Waals surface area contributed by atoms with Crippen LogP contribution in [0.4, 0.5) is 0 Å². The van der Waals surface area contributed by atoms with E-state index in [1.54, 1.807) is 0 Å². The van der Waals surface area contributed by atoms with Crippen molar-refractivity contribution in [2.75, 3.05) is 33.0 Å². The number of nitrogens with two attached hydrogens (primary N) is 1. The van der Waals surface area contributed by atoms with E-state index in [1.165, 1.54) is 141 Å². The number of phosphoric ester groups is 1. The second-order valence-corrected chi connectivity index (χ2v) is 18.5. The largest absolute Gasteiger partial charge is 0.472 e. The number of hydrogen-bond acceptors (Lipinski definition) is 7. The first-order valence-corrected chi connectivity index (χ1v) is 27.3. The predicted octanol–water partition coefficient (Wildman–Crippen LogP) is 16.1. The van der Waals surface area contributed by atoms with Crippen molar-refractivity contribution in [1.29, 1.82) is 0 Å². The number of phosphoric acid groups is 1. The van der Waals surface area contributed by atoms with E-state index in [0.29, 0.717) is 6.61 Å². The van der Waals surface area contributed by atoms with Crippen LogP contribution >= 0.6 is 7.82 Å². The maximum atomic E-state index is 12.6. The van der Waals surface area contributed by atoms with Crippen LogP contribution in [0.1, 0.15) is 232 Å². The lowest BCUT2D eigenvalue weighted by Gasteiger charge is -2.20. The molecule has 2 atom stereocenters. The van der Waals surface area contributed by atoms with Crippen molar-refractivity contribution < 1.29 is 32.8 Å². The van der Waals surface area contributed by atoms with Gasteiger partial charge in [-0.3, -0.25) is 13.8 Å². The SMILES string of the molecule is CC/C=C\C/C=C\C/C=C\C/C=C\C/C=C\CCCCCC(=O)OC(COCCCCCCCCCCCCCCCCCCCCCCCCCC)COP(=O)(O)OCCN. The fraction of sp³-hybridized carbons (Fsp3) is 0.792. The number of ether oxygens (including phenoxy) is 2. The smallest absolute Gasteiger partial charge is 0.457 e. The maximum absolute atomic E-state index is 12.6. The zero-order valence-electron chi connectivity index (χ0n) is 40.3. The fourth-order valence-electron chi connectivity index (χ4n) is 7.20. The lowest BCUT2D eigenvalue weighted by molar-refractivity contribution is -0.154. The highest BCUT2D eigenvalue weighted by atomic mass is 31.2. The van der Waals surface area contributed by atoms with Gasteiger partial charge in [0.15, 0.2) is 0 Å². The molecule has 0 bridgehead atoms. The van der Waals surface area contributed by atoms with Gasteiger partial charge in [-0.2, -0.15) is 0 Å². The second-order valence-electron chi connectivity index (χ2n) is 17.0. The Morgan fingerprint density at radius 3 is 1.34 bits per heavy atom. The average Bonchev–Trinajstić information content (AvgIpc) is 3.26. The Kier molecular flexibility index (Phi) is 48.7. The van der Waals surface area contributed by atoms with Crippen LogP contribution in [0.15, 0.2) is 60.8 Å². The molecule has 0 aromatic carbocycles. The minimum atomic E-state index is -4.29. The molecule has 0 spiro atoms. The first kappa shape index (κ1) is 60.2. The summed E-state index contributed by atoms with van der Waals surface area (Å²) < 4.78 is 33.6. The van der Waals surface area contributed by atoms with Crippen molar-refractivity contribution >= 4 is 13.8 Å². The van der Waals surface area contributed by atoms with Gasteiger partial charge in [0, 0.05) is 19.6 Å². The first-order valence-electron chi connectivity index (χ1n) is 25.8. The molecule has 2 unspecified atom stereocenters. The minimum Gasteiger partial charge on any atom is -0.457 e. The molecule has 9 heteroatoms. The van der Waals surface area contributed by atoms with Crippen molar-refractivity contribution in [2.45, 2.75) is 238 Å². The van der Waals surface area contributed by atoms with Crippen LogP contribution in [0.25, 0.3) is 0 Å². The van der Waals surface area contributed by atoms with Gasteiger partial charge < -0.3 is 20.1 Å². The van der Waals surface area contributed by atoms with Crippen LogP contribution in [0, 0.1) is 0 Å². The third-order valence-corrected chi connectivity index (χ3v) is 11.9. The zero-order valence-corrected chi connectivity index (χ0v) is 41.2. The van der Waals surface area contributed by atoms with Crippen LogP contribution in [0.3, 0.4) is 0 Å². The van der Waals surface area contributed by atoms with E-state index in [1.807, 2.05) is 0 Å². The van der Waals surface area contributed by atoms with Crippen LogP contribution < -0.4 is 5.73 Å². The molecule has 0 aromatic heterocycles. The molecule has 0 rings (SSSR count). The number of esters is 1. The molecular formula is C53H98NO7P. The number of carbonyl (C=O) groups is 1. The van der Waals surface area contributed by atoms with Crippen LogP contribution in [0.5, 0.6) is 0 Å². The zero-order chi connectivity index (χ0) is 45.1. The van der Waals surface area contributed by atoms with Crippen LogP contribution in [-0.4, -0.2) is 49.9 Å². The van der Waals surface area contributed by atoms with Crippen LogP contribution in [0.2, 0.25) is 0 Å². The van der Waals surface area contributed by atoms with Crippen molar-refractivity contribution in [3.05, 3.63) is 60.8 Å². The van der Waals surface area contributed by atoms with Gasteiger partial charge in [0.05, 0.1) is 19.8 Å². The summed E-state index contributed by atoms with van der Waals surface area (Å²) in [6.45, 7) is 4.79. The van der Waals surface area contributed by atoms with Crippen LogP contribution in [-0.2, 0) is 27.9 Å². The molecule has 0 aliphatic heterocycles. The summed E-state index contributed by atoms with van der Waals surface area (Å²) in [5.41, 5.74) is 5.39. The highest BCUT2D eigenvalue weighted by Crippen LogP contribution is 2.43. The molecule has 0 radical (unpaired) electrons. The van der Waals surface area contributed by atoms with Gasteiger partial charge in [-0.05, 0) is 57.8 Å². The molecule has 0 aliphatic rings. The Balaban J connectivity index is 3.96. The molecule has 0 amide bonds.